The van der Waals surface area contributed by atoms with Crippen molar-refractivity contribution in [3.8, 4) is 12.3 Å². The van der Waals surface area contributed by atoms with Crippen molar-refractivity contribution >= 4 is 16.7 Å². The fraction of sp³-hybridized carbons (Fsp3) is 0. The van der Waals surface area contributed by atoms with Crippen LogP contribution in [0.3, 0.4) is 0 Å². The summed E-state index contributed by atoms with van der Waals surface area (Å²) in [5.41, 5.74) is 6.34. The molecule has 3 heteroatoms. The number of terminal acetylenes is 1. The quantitative estimate of drug-likeness (QED) is 0.638. The van der Waals surface area contributed by atoms with Gasteiger partial charge in [-0.25, -0.2) is 9.37 Å². The fourth-order valence-corrected chi connectivity index (χ4v) is 1.34. The van der Waals surface area contributed by atoms with E-state index in [1.807, 2.05) is 0 Å². The van der Waals surface area contributed by atoms with Gasteiger partial charge in [-0.05, 0) is 24.3 Å². The van der Waals surface area contributed by atoms with Crippen molar-refractivity contribution in [2.45, 2.75) is 0 Å². The molecule has 1 heterocycles. The Morgan fingerprint density at radius 1 is 1.29 bits per heavy atom. The molecule has 0 aliphatic rings. The molecular weight excluding hydrogens is 179 g/mol. The number of hydrogen-bond donors (Lipinski definition) is 1. The number of benzene rings is 1. The molecule has 2 nitrogen and oxygen atoms in total. The lowest BCUT2D eigenvalue weighted by atomic mass is 10.1. The summed E-state index contributed by atoms with van der Waals surface area (Å²) in [7, 11) is 0. The van der Waals surface area contributed by atoms with Gasteiger partial charge in [0.05, 0.1) is 11.1 Å². The average molecular weight is 186 g/mol. The number of pyridine rings is 1. The number of hydrogen-bond acceptors (Lipinski definition) is 2. The Labute approximate surface area is 80.6 Å². The number of nitrogen functional groups attached to an aromatic ring is 1. The zero-order chi connectivity index (χ0) is 10.1. The van der Waals surface area contributed by atoms with Crippen molar-refractivity contribution in [2.24, 2.45) is 0 Å². The highest BCUT2D eigenvalue weighted by Crippen LogP contribution is 2.20. The van der Waals surface area contributed by atoms with Crippen molar-refractivity contribution in [3.63, 3.8) is 0 Å². The maximum atomic E-state index is 13.2. The summed E-state index contributed by atoms with van der Waals surface area (Å²) in [6.07, 6.45) is 5.21. The van der Waals surface area contributed by atoms with Crippen molar-refractivity contribution in [1.29, 1.82) is 0 Å². The van der Waals surface area contributed by atoms with Gasteiger partial charge in [-0.15, -0.1) is 6.42 Å². The van der Waals surface area contributed by atoms with E-state index in [0.29, 0.717) is 16.7 Å². The van der Waals surface area contributed by atoms with E-state index < -0.39 is 5.82 Å². The van der Waals surface area contributed by atoms with Crippen molar-refractivity contribution in [3.05, 3.63) is 35.6 Å². The Hall–Kier alpha value is -2.08. The van der Waals surface area contributed by atoms with Crippen LogP contribution >= 0.6 is 0 Å². The fourth-order valence-electron chi connectivity index (χ4n) is 1.34. The van der Waals surface area contributed by atoms with E-state index >= 15 is 0 Å². The van der Waals surface area contributed by atoms with Crippen LogP contribution in [0, 0.1) is 18.2 Å². The first kappa shape index (κ1) is 8.52. The van der Waals surface area contributed by atoms with Gasteiger partial charge >= 0.3 is 0 Å². The molecule has 14 heavy (non-hydrogen) atoms. The molecule has 2 rings (SSSR count). The predicted molar refractivity (Wildman–Crippen MR) is 54.0 cm³/mol. The number of nitrogens with zero attached hydrogens (tertiary/aromatic N) is 1. The third kappa shape index (κ3) is 1.17. The molecule has 0 aliphatic heterocycles. The summed E-state index contributed by atoms with van der Waals surface area (Å²) in [5, 5.41) is 0.613. The Morgan fingerprint density at radius 3 is 2.79 bits per heavy atom. The molecule has 0 saturated heterocycles. The van der Waals surface area contributed by atoms with Gasteiger partial charge in [-0.2, -0.15) is 0 Å². The predicted octanol–water partition coefficient (Wildman–Crippen LogP) is 1.94. The normalized spacial score (nSPS) is 10.0. The molecule has 1 aromatic heterocycles. The average Bonchev–Trinajstić information content (AvgIpc) is 2.18. The Bertz CT molecular complexity index is 541. The van der Waals surface area contributed by atoms with E-state index in [-0.39, 0.29) is 5.56 Å². The summed E-state index contributed by atoms with van der Waals surface area (Å²) in [6.45, 7) is 0. The topological polar surface area (TPSA) is 38.9 Å². The van der Waals surface area contributed by atoms with Gasteiger partial charge in [0.25, 0.3) is 0 Å². The second-order valence-electron chi connectivity index (χ2n) is 2.87. The second-order valence-corrected chi connectivity index (χ2v) is 2.87. The molecule has 0 amide bonds. The van der Waals surface area contributed by atoms with Crippen LogP contribution in [-0.2, 0) is 0 Å². The van der Waals surface area contributed by atoms with Crippen LogP contribution in [0.15, 0.2) is 24.3 Å². The van der Waals surface area contributed by atoms with Crippen LogP contribution in [0.1, 0.15) is 5.56 Å². The van der Waals surface area contributed by atoms with Crippen molar-refractivity contribution in [1.82, 2.24) is 4.98 Å². The van der Waals surface area contributed by atoms with Gasteiger partial charge in [0.15, 0.2) is 0 Å². The molecule has 0 radical (unpaired) electrons. The summed E-state index contributed by atoms with van der Waals surface area (Å²) in [4.78, 5) is 4.04. The number of fused-ring (bicyclic) bond motifs is 1. The molecule has 2 aromatic rings. The molecule has 2 N–H and O–H groups in total. The standard InChI is InChI=1S/C11H7FN2/c1-2-7-8-3-6-11(13)14-10(8)5-4-9(7)12/h1,3-6H,(H2,13,14). The Morgan fingerprint density at radius 2 is 2.07 bits per heavy atom. The van der Waals surface area contributed by atoms with E-state index in [9.17, 15) is 4.39 Å². The molecule has 1 aromatic carbocycles. The van der Waals surface area contributed by atoms with E-state index in [1.165, 1.54) is 6.07 Å². The highest BCUT2D eigenvalue weighted by atomic mass is 19.1. The van der Waals surface area contributed by atoms with Crippen LogP contribution < -0.4 is 5.73 Å². The largest absolute Gasteiger partial charge is 0.384 e. The van der Waals surface area contributed by atoms with E-state index in [4.69, 9.17) is 12.2 Å². The van der Waals surface area contributed by atoms with Crippen LogP contribution in [0.4, 0.5) is 10.2 Å². The summed E-state index contributed by atoms with van der Waals surface area (Å²) >= 11 is 0. The first-order chi connectivity index (χ1) is 6.72. The minimum Gasteiger partial charge on any atom is -0.384 e. The number of halogens is 1. The van der Waals surface area contributed by atoms with Gasteiger partial charge in [0.1, 0.15) is 11.6 Å². The first-order valence-corrected chi connectivity index (χ1v) is 4.03. The van der Waals surface area contributed by atoms with Crippen LogP contribution in [-0.4, -0.2) is 4.98 Å². The molecule has 0 bridgehead atoms. The van der Waals surface area contributed by atoms with Gasteiger partial charge in [0.2, 0.25) is 0 Å². The molecule has 0 atom stereocenters. The van der Waals surface area contributed by atoms with Crippen LogP contribution in [0.2, 0.25) is 0 Å². The summed E-state index contributed by atoms with van der Waals surface area (Å²) in [6, 6.07) is 6.13. The lowest BCUT2D eigenvalue weighted by molar-refractivity contribution is 0.626. The smallest absolute Gasteiger partial charge is 0.139 e. The highest BCUT2D eigenvalue weighted by Gasteiger charge is 2.05. The van der Waals surface area contributed by atoms with Crippen LogP contribution in [0.5, 0.6) is 0 Å². The molecule has 0 unspecified atom stereocenters. The molecular formula is C11H7FN2. The molecule has 0 fully saturated rings. The zero-order valence-electron chi connectivity index (χ0n) is 7.29. The third-order valence-corrected chi connectivity index (χ3v) is 1.99. The molecule has 0 spiro atoms. The molecule has 0 saturated carbocycles. The SMILES string of the molecule is C#Cc1c(F)ccc2nc(N)ccc12. The van der Waals surface area contributed by atoms with E-state index in [2.05, 4.69) is 10.9 Å². The van der Waals surface area contributed by atoms with Crippen molar-refractivity contribution < 1.29 is 4.39 Å². The second kappa shape index (κ2) is 3.00. The van der Waals surface area contributed by atoms with E-state index in [0.717, 1.165) is 0 Å². The minimum atomic E-state index is -0.411. The molecule has 68 valence electrons. The minimum absolute atomic E-state index is 0.231. The van der Waals surface area contributed by atoms with Crippen molar-refractivity contribution in [2.75, 3.05) is 5.73 Å². The first-order valence-electron chi connectivity index (χ1n) is 4.03. The van der Waals surface area contributed by atoms with E-state index in [1.54, 1.807) is 18.2 Å². The maximum absolute atomic E-state index is 13.2. The summed E-state index contributed by atoms with van der Waals surface area (Å²) in [5.74, 6) is 2.29. The van der Waals surface area contributed by atoms with Gasteiger partial charge in [-0.1, -0.05) is 5.92 Å². The van der Waals surface area contributed by atoms with Gasteiger partial charge < -0.3 is 5.73 Å². The maximum Gasteiger partial charge on any atom is 0.139 e. The van der Waals surface area contributed by atoms with Gasteiger partial charge in [-0.3, -0.25) is 0 Å². The third-order valence-electron chi connectivity index (χ3n) is 1.99. The van der Waals surface area contributed by atoms with Crippen LogP contribution in [0.25, 0.3) is 10.9 Å². The number of nitrogens with two attached hydrogens (primary N) is 1. The Balaban J connectivity index is 2.90. The number of rotatable bonds is 0. The lowest BCUT2D eigenvalue weighted by Gasteiger charge is -2.02. The Kier molecular flexibility index (Phi) is 1.83. The zero-order valence-corrected chi connectivity index (χ0v) is 7.29. The molecule has 0 aliphatic carbocycles. The lowest BCUT2D eigenvalue weighted by Crippen LogP contribution is -1.92. The number of aromatic nitrogens is 1. The van der Waals surface area contributed by atoms with Gasteiger partial charge in [0, 0.05) is 5.39 Å². The number of anilines is 1. The highest BCUT2D eigenvalue weighted by molar-refractivity contribution is 5.86. The monoisotopic (exact) mass is 186 g/mol. The summed E-state index contributed by atoms with van der Waals surface area (Å²) < 4.78 is 13.2.